The summed E-state index contributed by atoms with van der Waals surface area (Å²) in [6.07, 6.45) is 8.87. The SMILES string of the molecule is CCn1ccc2cc(NC(=O)/C=C\c3cnn(C)c3)ccc21. The summed E-state index contributed by atoms with van der Waals surface area (Å²) in [6, 6.07) is 7.99. The van der Waals surface area contributed by atoms with Crippen molar-refractivity contribution in [2.45, 2.75) is 13.5 Å². The van der Waals surface area contributed by atoms with E-state index in [1.165, 1.54) is 11.6 Å². The van der Waals surface area contributed by atoms with Crippen molar-refractivity contribution in [3.63, 3.8) is 0 Å². The van der Waals surface area contributed by atoms with Gasteiger partial charge in [0, 0.05) is 54.2 Å². The van der Waals surface area contributed by atoms with Gasteiger partial charge in [0.05, 0.1) is 6.20 Å². The van der Waals surface area contributed by atoms with Gasteiger partial charge in [-0.25, -0.2) is 0 Å². The summed E-state index contributed by atoms with van der Waals surface area (Å²) in [5.41, 5.74) is 2.86. The Morgan fingerprint density at radius 3 is 2.95 bits per heavy atom. The molecule has 5 nitrogen and oxygen atoms in total. The summed E-state index contributed by atoms with van der Waals surface area (Å²) >= 11 is 0. The second-order valence-corrected chi connectivity index (χ2v) is 5.15. The molecular formula is C17H18N4O. The van der Waals surface area contributed by atoms with Gasteiger partial charge in [-0.3, -0.25) is 9.48 Å². The predicted octanol–water partition coefficient (Wildman–Crippen LogP) is 3.05. The van der Waals surface area contributed by atoms with Gasteiger partial charge in [0.25, 0.3) is 0 Å². The molecule has 112 valence electrons. The third-order valence-electron chi connectivity index (χ3n) is 3.53. The fourth-order valence-electron chi connectivity index (χ4n) is 2.44. The second kappa shape index (κ2) is 5.89. The van der Waals surface area contributed by atoms with E-state index in [0.717, 1.165) is 23.2 Å². The number of nitrogens with zero attached hydrogens (tertiary/aromatic N) is 3. The minimum atomic E-state index is -0.155. The molecule has 3 rings (SSSR count). The van der Waals surface area contributed by atoms with E-state index in [0.29, 0.717) is 0 Å². The number of carbonyl (C=O) groups excluding carboxylic acids is 1. The van der Waals surface area contributed by atoms with Crippen molar-refractivity contribution in [2.75, 3.05) is 5.32 Å². The number of hydrogen-bond donors (Lipinski definition) is 1. The molecule has 0 saturated heterocycles. The lowest BCUT2D eigenvalue weighted by atomic mass is 10.2. The highest BCUT2D eigenvalue weighted by Crippen LogP contribution is 2.20. The summed E-state index contributed by atoms with van der Waals surface area (Å²) in [7, 11) is 1.84. The summed E-state index contributed by atoms with van der Waals surface area (Å²) in [5, 5.41) is 8.05. The number of anilines is 1. The van der Waals surface area contributed by atoms with E-state index < -0.39 is 0 Å². The number of rotatable bonds is 4. The molecule has 2 heterocycles. The lowest BCUT2D eigenvalue weighted by molar-refractivity contribution is -0.111. The molecule has 0 saturated carbocycles. The van der Waals surface area contributed by atoms with Gasteiger partial charge in [0.15, 0.2) is 0 Å². The first-order valence-corrected chi connectivity index (χ1v) is 7.22. The molecule has 0 fully saturated rings. The number of aryl methyl sites for hydroxylation is 2. The van der Waals surface area contributed by atoms with Crippen LogP contribution in [-0.2, 0) is 18.4 Å². The number of fused-ring (bicyclic) bond motifs is 1. The van der Waals surface area contributed by atoms with Crippen LogP contribution in [0.3, 0.4) is 0 Å². The Kier molecular flexibility index (Phi) is 3.78. The molecule has 0 spiro atoms. The molecule has 0 atom stereocenters. The lowest BCUT2D eigenvalue weighted by Gasteiger charge is -2.04. The van der Waals surface area contributed by atoms with Crippen molar-refractivity contribution >= 4 is 28.6 Å². The van der Waals surface area contributed by atoms with E-state index in [4.69, 9.17) is 0 Å². The molecule has 0 unspecified atom stereocenters. The van der Waals surface area contributed by atoms with Crippen molar-refractivity contribution in [1.82, 2.24) is 14.3 Å². The van der Waals surface area contributed by atoms with E-state index in [1.54, 1.807) is 17.0 Å². The van der Waals surface area contributed by atoms with Crippen LogP contribution in [0.5, 0.6) is 0 Å². The zero-order chi connectivity index (χ0) is 15.5. The Labute approximate surface area is 128 Å². The third-order valence-corrected chi connectivity index (χ3v) is 3.53. The highest BCUT2D eigenvalue weighted by molar-refractivity contribution is 6.02. The number of aromatic nitrogens is 3. The molecule has 22 heavy (non-hydrogen) atoms. The van der Waals surface area contributed by atoms with Crippen LogP contribution in [0.15, 0.2) is 48.9 Å². The molecule has 0 aliphatic rings. The molecule has 5 heteroatoms. The Morgan fingerprint density at radius 2 is 2.23 bits per heavy atom. The van der Waals surface area contributed by atoms with Gasteiger partial charge < -0.3 is 9.88 Å². The molecule has 0 aliphatic heterocycles. The van der Waals surface area contributed by atoms with Gasteiger partial charge in [-0.2, -0.15) is 5.10 Å². The molecule has 2 aromatic heterocycles. The summed E-state index contributed by atoms with van der Waals surface area (Å²) in [4.78, 5) is 12.0. The average molecular weight is 294 g/mol. The van der Waals surface area contributed by atoms with Crippen molar-refractivity contribution in [2.24, 2.45) is 7.05 Å². The average Bonchev–Trinajstić information content (AvgIpc) is 3.10. The second-order valence-electron chi connectivity index (χ2n) is 5.15. The highest BCUT2D eigenvalue weighted by atomic mass is 16.1. The molecule has 0 bridgehead atoms. The Balaban J connectivity index is 1.72. The smallest absolute Gasteiger partial charge is 0.248 e. The minimum absolute atomic E-state index is 0.155. The number of hydrogen-bond acceptors (Lipinski definition) is 2. The summed E-state index contributed by atoms with van der Waals surface area (Å²) in [6.45, 7) is 3.04. The van der Waals surface area contributed by atoms with Crippen LogP contribution in [0.1, 0.15) is 12.5 Å². The van der Waals surface area contributed by atoms with E-state index in [-0.39, 0.29) is 5.91 Å². The van der Waals surface area contributed by atoms with Gasteiger partial charge >= 0.3 is 0 Å². The standard InChI is InChI=1S/C17H18N4O/c1-3-21-9-8-14-10-15(5-6-16(14)21)19-17(22)7-4-13-11-18-20(2)12-13/h4-12H,3H2,1-2H3,(H,19,22)/b7-4-. The van der Waals surface area contributed by atoms with Gasteiger partial charge in [-0.15, -0.1) is 0 Å². The van der Waals surface area contributed by atoms with Crippen molar-refractivity contribution in [3.8, 4) is 0 Å². The van der Waals surface area contributed by atoms with Crippen molar-refractivity contribution < 1.29 is 4.79 Å². The molecular weight excluding hydrogens is 276 g/mol. The van der Waals surface area contributed by atoms with Gasteiger partial charge in [0.2, 0.25) is 5.91 Å². The molecule has 1 N–H and O–H groups in total. The normalized spacial score (nSPS) is 11.4. The lowest BCUT2D eigenvalue weighted by Crippen LogP contribution is -2.07. The van der Waals surface area contributed by atoms with Crippen LogP contribution < -0.4 is 5.32 Å². The van der Waals surface area contributed by atoms with Crippen LogP contribution in [0.4, 0.5) is 5.69 Å². The van der Waals surface area contributed by atoms with Crippen LogP contribution in [-0.4, -0.2) is 20.3 Å². The Hall–Kier alpha value is -2.82. The first kappa shape index (κ1) is 14.1. The quantitative estimate of drug-likeness (QED) is 0.752. The fraction of sp³-hybridized carbons (Fsp3) is 0.176. The Bertz CT molecular complexity index is 841. The van der Waals surface area contributed by atoms with Crippen molar-refractivity contribution in [1.29, 1.82) is 0 Å². The highest BCUT2D eigenvalue weighted by Gasteiger charge is 2.03. The van der Waals surface area contributed by atoms with Crippen LogP contribution in [0.2, 0.25) is 0 Å². The van der Waals surface area contributed by atoms with Gasteiger partial charge in [-0.1, -0.05) is 0 Å². The maximum Gasteiger partial charge on any atom is 0.248 e. The zero-order valence-corrected chi connectivity index (χ0v) is 12.7. The number of benzene rings is 1. The molecule has 1 amide bonds. The maximum absolute atomic E-state index is 12.0. The summed E-state index contributed by atoms with van der Waals surface area (Å²) < 4.78 is 3.87. The minimum Gasteiger partial charge on any atom is -0.348 e. The van der Waals surface area contributed by atoms with E-state index >= 15 is 0 Å². The largest absolute Gasteiger partial charge is 0.348 e. The zero-order valence-electron chi connectivity index (χ0n) is 12.7. The fourth-order valence-corrected chi connectivity index (χ4v) is 2.44. The monoisotopic (exact) mass is 294 g/mol. The van der Waals surface area contributed by atoms with Gasteiger partial charge in [0.1, 0.15) is 0 Å². The number of nitrogens with one attached hydrogen (secondary N) is 1. The predicted molar refractivity (Wildman–Crippen MR) is 88.5 cm³/mol. The van der Waals surface area contributed by atoms with Gasteiger partial charge in [-0.05, 0) is 37.3 Å². The van der Waals surface area contributed by atoms with Crippen molar-refractivity contribution in [3.05, 3.63) is 54.5 Å². The maximum atomic E-state index is 12.0. The van der Waals surface area contributed by atoms with Crippen LogP contribution >= 0.6 is 0 Å². The summed E-state index contributed by atoms with van der Waals surface area (Å²) in [5.74, 6) is -0.155. The number of amides is 1. The van der Waals surface area contributed by atoms with Crippen LogP contribution in [0.25, 0.3) is 17.0 Å². The van der Waals surface area contributed by atoms with E-state index in [9.17, 15) is 4.79 Å². The third kappa shape index (κ3) is 2.93. The van der Waals surface area contributed by atoms with E-state index in [1.807, 2.05) is 31.4 Å². The molecule has 0 radical (unpaired) electrons. The Morgan fingerprint density at radius 1 is 1.36 bits per heavy atom. The first-order chi connectivity index (χ1) is 10.7. The molecule has 1 aromatic carbocycles. The first-order valence-electron chi connectivity index (χ1n) is 7.22. The molecule has 0 aliphatic carbocycles. The topological polar surface area (TPSA) is 51.9 Å². The van der Waals surface area contributed by atoms with E-state index in [2.05, 4.69) is 34.2 Å². The molecule has 3 aromatic rings. The van der Waals surface area contributed by atoms with Crippen LogP contribution in [0, 0.1) is 0 Å². The number of carbonyl (C=O) groups is 1.